The molecule has 0 aromatic rings. The van der Waals surface area contributed by atoms with Gasteiger partial charge in [0.2, 0.25) is 0 Å². The normalized spacial score (nSPS) is 29.3. The second kappa shape index (κ2) is 3.18. The van der Waals surface area contributed by atoms with E-state index in [0.29, 0.717) is 6.54 Å². The van der Waals surface area contributed by atoms with Gasteiger partial charge in [0.25, 0.3) is 0 Å². The summed E-state index contributed by atoms with van der Waals surface area (Å²) in [4.78, 5) is 13.0. The Hall–Kier alpha value is -0.770. The molecule has 2 amide bonds. The van der Waals surface area contributed by atoms with Crippen LogP contribution in [0.2, 0.25) is 0 Å². The van der Waals surface area contributed by atoms with Crippen LogP contribution in [0.1, 0.15) is 27.7 Å². The minimum absolute atomic E-state index is 0.0814. The van der Waals surface area contributed by atoms with Crippen molar-refractivity contribution in [1.82, 2.24) is 10.2 Å². The molecule has 1 heterocycles. The number of carbonyl (C=O) groups excluding carboxylic acids is 1. The number of carbonyl (C=O) groups is 1. The molecule has 4 nitrogen and oxygen atoms in total. The summed E-state index contributed by atoms with van der Waals surface area (Å²) < 4.78 is 0. The average Bonchev–Trinajstić information content (AvgIpc) is 2.14. The average molecular weight is 186 g/mol. The van der Waals surface area contributed by atoms with Crippen molar-refractivity contribution in [3.8, 4) is 0 Å². The number of hydrogen-bond acceptors (Lipinski definition) is 2. The maximum absolute atomic E-state index is 11.4. The van der Waals surface area contributed by atoms with E-state index in [1.807, 2.05) is 13.8 Å². The Balaban J connectivity index is 2.64. The summed E-state index contributed by atoms with van der Waals surface area (Å²) in [6.07, 6.45) is 0. The first-order chi connectivity index (χ1) is 5.81. The van der Waals surface area contributed by atoms with Crippen molar-refractivity contribution in [3.05, 3.63) is 0 Å². The maximum Gasteiger partial charge on any atom is 0.318 e. The number of rotatable bonds is 2. The number of amides is 2. The lowest BCUT2D eigenvalue weighted by Crippen LogP contribution is -2.43. The zero-order valence-electron chi connectivity index (χ0n) is 8.66. The Bertz CT molecular complexity index is 210. The molecule has 2 atom stereocenters. The van der Waals surface area contributed by atoms with Gasteiger partial charge >= 0.3 is 6.03 Å². The molecule has 1 saturated heterocycles. The fraction of sp³-hybridized carbons (Fsp3) is 0.889. The van der Waals surface area contributed by atoms with E-state index in [1.54, 1.807) is 18.7 Å². The van der Waals surface area contributed by atoms with Crippen molar-refractivity contribution in [3.63, 3.8) is 0 Å². The molecular weight excluding hydrogens is 168 g/mol. The van der Waals surface area contributed by atoms with Gasteiger partial charge in [0.05, 0.1) is 18.2 Å². The third kappa shape index (κ3) is 2.34. The van der Waals surface area contributed by atoms with Gasteiger partial charge in [-0.2, -0.15) is 0 Å². The Morgan fingerprint density at radius 2 is 2.08 bits per heavy atom. The highest BCUT2D eigenvalue weighted by Crippen LogP contribution is 2.16. The predicted molar refractivity (Wildman–Crippen MR) is 50.5 cm³/mol. The first-order valence-electron chi connectivity index (χ1n) is 4.61. The van der Waals surface area contributed by atoms with Crippen LogP contribution in [0.5, 0.6) is 0 Å². The summed E-state index contributed by atoms with van der Waals surface area (Å²) in [6, 6.07) is 0.232. The minimum atomic E-state index is -0.824. The van der Waals surface area contributed by atoms with Crippen LogP contribution in [0.15, 0.2) is 0 Å². The van der Waals surface area contributed by atoms with E-state index >= 15 is 0 Å². The van der Waals surface area contributed by atoms with Crippen LogP contribution >= 0.6 is 0 Å². The molecule has 13 heavy (non-hydrogen) atoms. The molecule has 4 heteroatoms. The van der Waals surface area contributed by atoms with Crippen molar-refractivity contribution < 1.29 is 9.90 Å². The van der Waals surface area contributed by atoms with Gasteiger partial charge in [0, 0.05) is 6.04 Å². The van der Waals surface area contributed by atoms with E-state index in [2.05, 4.69) is 5.32 Å². The summed E-state index contributed by atoms with van der Waals surface area (Å²) in [7, 11) is 0. The predicted octanol–water partition coefficient (Wildman–Crippen LogP) is 0.559. The SMILES string of the molecule is C[C@@H]1NC(=O)N(CC(C)(C)O)[C@@H]1C. The molecule has 0 saturated carbocycles. The zero-order chi connectivity index (χ0) is 10.2. The highest BCUT2D eigenvalue weighted by Gasteiger charge is 2.35. The summed E-state index contributed by atoms with van der Waals surface area (Å²) >= 11 is 0. The molecule has 0 radical (unpaired) electrons. The number of aliphatic hydroxyl groups is 1. The molecule has 1 aliphatic heterocycles. The van der Waals surface area contributed by atoms with Crippen LogP contribution in [0.3, 0.4) is 0 Å². The van der Waals surface area contributed by atoms with Crippen LogP contribution in [0, 0.1) is 0 Å². The lowest BCUT2D eigenvalue weighted by molar-refractivity contribution is 0.0434. The van der Waals surface area contributed by atoms with Crippen molar-refractivity contribution in [2.75, 3.05) is 6.54 Å². The van der Waals surface area contributed by atoms with E-state index < -0.39 is 5.60 Å². The van der Waals surface area contributed by atoms with Crippen molar-refractivity contribution >= 4 is 6.03 Å². The lowest BCUT2D eigenvalue weighted by Gasteiger charge is -2.28. The van der Waals surface area contributed by atoms with Gasteiger partial charge in [-0.3, -0.25) is 0 Å². The van der Waals surface area contributed by atoms with Gasteiger partial charge in [-0.15, -0.1) is 0 Å². The number of nitrogens with one attached hydrogen (secondary N) is 1. The quantitative estimate of drug-likeness (QED) is 0.662. The van der Waals surface area contributed by atoms with E-state index in [0.717, 1.165) is 0 Å². The zero-order valence-corrected chi connectivity index (χ0v) is 8.66. The second-order valence-electron chi connectivity index (χ2n) is 4.42. The first kappa shape index (κ1) is 10.3. The van der Waals surface area contributed by atoms with Crippen LogP contribution in [0.25, 0.3) is 0 Å². The van der Waals surface area contributed by atoms with Gasteiger partial charge in [0.1, 0.15) is 0 Å². The van der Waals surface area contributed by atoms with Crippen molar-refractivity contribution in [2.24, 2.45) is 0 Å². The van der Waals surface area contributed by atoms with Crippen LogP contribution in [-0.4, -0.2) is 40.3 Å². The van der Waals surface area contributed by atoms with Crippen molar-refractivity contribution in [2.45, 2.75) is 45.4 Å². The molecular formula is C9H18N2O2. The molecule has 0 aliphatic carbocycles. The molecule has 1 rings (SSSR count). The van der Waals surface area contributed by atoms with Crippen LogP contribution < -0.4 is 5.32 Å². The number of urea groups is 1. The molecule has 1 aliphatic rings. The highest BCUT2D eigenvalue weighted by atomic mass is 16.3. The standard InChI is InChI=1S/C9H18N2O2/c1-6-7(2)11(8(12)10-6)5-9(3,4)13/h6-7,13H,5H2,1-4H3,(H,10,12)/t6-,7+/m0/s1. The Morgan fingerprint density at radius 1 is 1.54 bits per heavy atom. The summed E-state index contributed by atoms with van der Waals surface area (Å²) in [5.74, 6) is 0. The first-order valence-corrected chi connectivity index (χ1v) is 4.61. The molecule has 0 unspecified atom stereocenters. The third-order valence-electron chi connectivity index (χ3n) is 2.38. The minimum Gasteiger partial charge on any atom is -0.389 e. The van der Waals surface area contributed by atoms with E-state index in [1.165, 1.54) is 0 Å². The van der Waals surface area contributed by atoms with E-state index in [4.69, 9.17) is 0 Å². The Kier molecular flexibility index (Phi) is 2.52. The fourth-order valence-corrected chi connectivity index (χ4v) is 1.49. The van der Waals surface area contributed by atoms with E-state index in [-0.39, 0.29) is 18.1 Å². The van der Waals surface area contributed by atoms with Gasteiger partial charge in [0.15, 0.2) is 0 Å². The Morgan fingerprint density at radius 3 is 2.38 bits per heavy atom. The van der Waals surface area contributed by atoms with Gasteiger partial charge in [-0.25, -0.2) is 4.79 Å². The monoisotopic (exact) mass is 186 g/mol. The number of nitrogens with zero attached hydrogens (tertiary/aromatic N) is 1. The van der Waals surface area contributed by atoms with Crippen molar-refractivity contribution in [1.29, 1.82) is 0 Å². The molecule has 2 N–H and O–H groups in total. The van der Waals surface area contributed by atoms with Crippen LogP contribution in [-0.2, 0) is 0 Å². The summed E-state index contributed by atoms with van der Waals surface area (Å²) in [5.41, 5.74) is -0.824. The molecule has 0 aromatic carbocycles. The highest BCUT2D eigenvalue weighted by molar-refractivity contribution is 5.77. The number of hydrogen-bond donors (Lipinski definition) is 2. The van der Waals surface area contributed by atoms with E-state index in [9.17, 15) is 9.90 Å². The molecule has 0 bridgehead atoms. The van der Waals surface area contributed by atoms with Gasteiger partial charge < -0.3 is 15.3 Å². The molecule has 0 spiro atoms. The van der Waals surface area contributed by atoms with Gasteiger partial charge in [-0.1, -0.05) is 0 Å². The third-order valence-corrected chi connectivity index (χ3v) is 2.38. The van der Waals surface area contributed by atoms with Crippen LogP contribution in [0.4, 0.5) is 4.79 Å². The smallest absolute Gasteiger partial charge is 0.318 e. The Labute approximate surface area is 78.9 Å². The maximum atomic E-state index is 11.4. The molecule has 1 fully saturated rings. The topological polar surface area (TPSA) is 52.6 Å². The largest absolute Gasteiger partial charge is 0.389 e. The van der Waals surface area contributed by atoms with Gasteiger partial charge in [-0.05, 0) is 27.7 Å². The summed E-state index contributed by atoms with van der Waals surface area (Å²) in [6.45, 7) is 7.73. The second-order valence-corrected chi connectivity index (χ2v) is 4.42. The summed E-state index contributed by atoms with van der Waals surface area (Å²) in [5, 5.41) is 12.4. The number of β-amino-alcohol motifs (C(OH)–C–C–N with tert-alkyl or cyclic N) is 1. The molecule has 76 valence electrons. The fourth-order valence-electron chi connectivity index (χ4n) is 1.49. The lowest BCUT2D eigenvalue weighted by atomic mass is 10.1. The molecule has 0 aromatic heterocycles.